The van der Waals surface area contributed by atoms with Gasteiger partial charge in [-0.2, -0.15) is 0 Å². The first-order chi connectivity index (χ1) is 10.6. The summed E-state index contributed by atoms with van der Waals surface area (Å²) >= 11 is 0. The van der Waals surface area contributed by atoms with Crippen molar-refractivity contribution in [2.75, 3.05) is 6.54 Å². The third-order valence-corrected chi connectivity index (χ3v) is 4.88. The second-order valence-electron chi connectivity index (χ2n) is 6.47. The molecule has 0 radical (unpaired) electrons. The number of nitrogens with two attached hydrogens (primary N) is 1. The molecular formula is C18H25N3O. The lowest BCUT2D eigenvalue weighted by molar-refractivity contribution is -0.122. The van der Waals surface area contributed by atoms with Gasteiger partial charge in [0.1, 0.15) is 0 Å². The van der Waals surface area contributed by atoms with Crippen LogP contribution in [-0.2, 0) is 11.2 Å². The van der Waals surface area contributed by atoms with Crippen LogP contribution in [0.15, 0.2) is 24.4 Å². The van der Waals surface area contributed by atoms with Crippen molar-refractivity contribution in [2.45, 2.75) is 45.1 Å². The number of benzene rings is 1. The smallest absolute Gasteiger partial charge is 0.220 e. The van der Waals surface area contributed by atoms with Gasteiger partial charge in [-0.1, -0.05) is 18.6 Å². The number of aromatic nitrogens is 1. The molecular weight excluding hydrogens is 274 g/mol. The highest BCUT2D eigenvalue weighted by Gasteiger charge is 2.25. The first-order valence-electron chi connectivity index (χ1n) is 8.23. The SMILES string of the molecule is Cc1cccc2[nH]cc(CCNC(=O)C[C@@H]3CCC[C@H]3N)c12. The van der Waals surface area contributed by atoms with Gasteiger partial charge in [0, 0.05) is 36.1 Å². The van der Waals surface area contributed by atoms with Crippen LogP contribution in [0.5, 0.6) is 0 Å². The number of hydrogen-bond donors (Lipinski definition) is 3. The monoisotopic (exact) mass is 299 g/mol. The highest BCUT2D eigenvalue weighted by molar-refractivity contribution is 5.86. The van der Waals surface area contributed by atoms with Crippen molar-refractivity contribution in [3.8, 4) is 0 Å². The molecule has 4 heteroatoms. The number of carbonyl (C=O) groups is 1. The van der Waals surface area contributed by atoms with Gasteiger partial charge in [-0.15, -0.1) is 0 Å². The van der Waals surface area contributed by atoms with Crippen LogP contribution in [0.2, 0.25) is 0 Å². The van der Waals surface area contributed by atoms with Gasteiger partial charge in [-0.05, 0) is 49.3 Å². The molecule has 1 aromatic carbocycles. The Kier molecular flexibility index (Phi) is 4.48. The molecule has 22 heavy (non-hydrogen) atoms. The van der Waals surface area contributed by atoms with E-state index in [1.165, 1.54) is 22.0 Å². The molecule has 0 unspecified atom stereocenters. The molecule has 118 valence electrons. The molecule has 1 aromatic heterocycles. The largest absolute Gasteiger partial charge is 0.361 e. The number of carbonyl (C=O) groups excluding carboxylic acids is 1. The standard InChI is InChI=1S/C18H25N3O/c1-12-4-2-7-16-18(12)14(11-21-16)8-9-20-17(22)10-13-5-3-6-15(13)19/h2,4,7,11,13,15,21H,3,5-6,8-10,19H2,1H3,(H,20,22)/t13-,15+/m0/s1. The molecule has 4 nitrogen and oxygen atoms in total. The average Bonchev–Trinajstić information content (AvgIpc) is 3.07. The van der Waals surface area contributed by atoms with Gasteiger partial charge in [0.25, 0.3) is 0 Å². The summed E-state index contributed by atoms with van der Waals surface area (Å²) in [5.74, 6) is 0.509. The Balaban J connectivity index is 1.53. The van der Waals surface area contributed by atoms with Crippen LogP contribution < -0.4 is 11.1 Å². The molecule has 1 heterocycles. The summed E-state index contributed by atoms with van der Waals surface area (Å²) in [4.78, 5) is 15.3. The number of hydrogen-bond acceptors (Lipinski definition) is 2. The maximum absolute atomic E-state index is 12.0. The van der Waals surface area contributed by atoms with Gasteiger partial charge < -0.3 is 16.0 Å². The first kappa shape index (κ1) is 15.1. The maximum Gasteiger partial charge on any atom is 0.220 e. The molecule has 1 saturated carbocycles. The predicted molar refractivity (Wildman–Crippen MR) is 89.7 cm³/mol. The summed E-state index contributed by atoms with van der Waals surface area (Å²) in [6.07, 6.45) is 6.80. The Hall–Kier alpha value is -1.81. The van der Waals surface area contributed by atoms with Gasteiger partial charge in [-0.25, -0.2) is 0 Å². The molecule has 2 aromatic rings. The van der Waals surface area contributed by atoms with Gasteiger partial charge in [0.2, 0.25) is 5.91 Å². The van der Waals surface area contributed by atoms with Crippen LogP contribution >= 0.6 is 0 Å². The van der Waals surface area contributed by atoms with E-state index >= 15 is 0 Å². The Labute approximate surface area is 131 Å². The van der Waals surface area contributed by atoms with Crippen molar-refractivity contribution in [1.29, 1.82) is 0 Å². The third-order valence-electron chi connectivity index (χ3n) is 4.88. The fraction of sp³-hybridized carbons (Fsp3) is 0.500. The number of fused-ring (bicyclic) bond motifs is 1. The summed E-state index contributed by atoms with van der Waals surface area (Å²) in [7, 11) is 0. The van der Waals surface area contributed by atoms with E-state index in [4.69, 9.17) is 5.73 Å². The minimum atomic E-state index is 0.138. The van der Waals surface area contributed by atoms with E-state index in [9.17, 15) is 4.79 Å². The van der Waals surface area contributed by atoms with Crippen LogP contribution in [0.3, 0.4) is 0 Å². The van der Waals surface area contributed by atoms with Gasteiger partial charge in [-0.3, -0.25) is 4.79 Å². The van der Waals surface area contributed by atoms with Crippen molar-refractivity contribution < 1.29 is 4.79 Å². The second-order valence-corrected chi connectivity index (χ2v) is 6.47. The summed E-state index contributed by atoms with van der Waals surface area (Å²) in [6.45, 7) is 2.81. The Morgan fingerprint density at radius 1 is 1.41 bits per heavy atom. The summed E-state index contributed by atoms with van der Waals surface area (Å²) in [6, 6.07) is 6.48. The summed E-state index contributed by atoms with van der Waals surface area (Å²) < 4.78 is 0. The number of nitrogens with one attached hydrogen (secondary N) is 2. The molecule has 3 rings (SSSR count). The lowest BCUT2D eigenvalue weighted by atomic mass is 10.00. The molecule has 0 spiro atoms. The van der Waals surface area contributed by atoms with Crippen molar-refractivity contribution in [3.63, 3.8) is 0 Å². The van der Waals surface area contributed by atoms with Gasteiger partial charge >= 0.3 is 0 Å². The van der Waals surface area contributed by atoms with Crippen LogP contribution in [0.1, 0.15) is 36.8 Å². The highest BCUT2D eigenvalue weighted by Crippen LogP contribution is 2.26. The number of H-pyrrole nitrogens is 1. The maximum atomic E-state index is 12.0. The van der Waals surface area contributed by atoms with Crippen LogP contribution in [0.25, 0.3) is 10.9 Å². The van der Waals surface area contributed by atoms with E-state index in [0.717, 1.165) is 25.7 Å². The second kappa shape index (κ2) is 6.53. The zero-order chi connectivity index (χ0) is 15.5. The van der Waals surface area contributed by atoms with E-state index in [2.05, 4.69) is 41.6 Å². The molecule has 4 N–H and O–H groups in total. The van der Waals surface area contributed by atoms with E-state index in [1.54, 1.807) is 0 Å². The number of aromatic amines is 1. The number of amides is 1. The summed E-state index contributed by atoms with van der Waals surface area (Å²) in [5, 5.41) is 4.33. The lowest BCUT2D eigenvalue weighted by Gasteiger charge is -2.14. The van der Waals surface area contributed by atoms with E-state index in [-0.39, 0.29) is 11.9 Å². The van der Waals surface area contributed by atoms with Crippen LogP contribution in [0, 0.1) is 12.8 Å². The molecule has 2 atom stereocenters. The Bertz CT molecular complexity index is 661. The Morgan fingerprint density at radius 2 is 2.27 bits per heavy atom. The molecule has 1 amide bonds. The van der Waals surface area contributed by atoms with Crippen molar-refractivity contribution in [1.82, 2.24) is 10.3 Å². The Morgan fingerprint density at radius 3 is 3.05 bits per heavy atom. The van der Waals surface area contributed by atoms with Crippen molar-refractivity contribution in [2.24, 2.45) is 11.7 Å². The topological polar surface area (TPSA) is 70.9 Å². The quantitative estimate of drug-likeness (QED) is 0.794. The van der Waals surface area contributed by atoms with E-state index in [1.807, 2.05) is 0 Å². The zero-order valence-corrected chi connectivity index (χ0v) is 13.2. The fourth-order valence-corrected chi connectivity index (χ4v) is 3.61. The molecule has 1 fully saturated rings. The normalized spacial score (nSPS) is 21.4. The molecule has 0 bridgehead atoms. The number of rotatable bonds is 5. The third kappa shape index (κ3) is 3.17. The highest BCUT2D eigenvalue weighted by atomic mass is 16.1. The van der Waals surface area contributed by atoms with Crippen LogP contribution in [0.4, 0.5) is 0 Å². The predicted octanol–water partition coefficient (Wildman–Crippen LogP) is 2.65. The van der Waals surface area contributed by atoms with Crippen molar-refractivity contribution in [3.05, 3.63) is 35.5 Å². The fourth-order valence-electron chi connectivity index (χ4n) is 3.61. The molecule has 1 aliphatic rings. The lowest BCUT2D eigenvalue weighted by Crippen LogP contribution is -2.32. The number of aryl methyl sites for hydroxylation is 1. The molecule has 1 aliphatic carbocycles. The average molecular weight is 299 g/mol. The molecule has 0 aliphatic heterocycles. The van der Waals surface area contributed by atoms with Gasteiger partial charge in [0.05, 0.1) is 0 Å². The van der Waals surface area contributed by atoms with E-state index < -0.39 is 0 Å². The van der Waals surface area contributed by atoms with Crippen LogP contribution in [-0.4, -0.2) is 23.5 Å². The minimum Gasteiger partial charge on any atom is -0.361 e. The zero-order valence-electron chi connectivity index (χ0n) is 13.2. The first-order valence-corrected chi connectivity index (χ1v) is 8.23. The van der Waals surface area contributed by atoms with Crippen molar-refractivity contribution >= 4 is 16.8 Å². The van der Waals surface area contributed by atoms with Gasteiger partial charge in [0.15, 0.2) is 0 Å². The van der Waals surface area contributed by atoms with E-state index in [0.29, 0.717) is 18.9 Å². The molecule has 0 saturated heterocycles. The minimum absolute atomic E-state index is 0.138. The summed E-state index contributed by atoms with van der Waals surface area (Å²) in [5.41, 5.74) is 9.74.